The van der Waals surface area contributed by atoms with Crippen LogP contribution >= 0.6 is 0 Å². The molecule has 0 unspecified atom stereocenters. The number of allylic oxidation sites excluding steroid dienone is 1. The molecule has 7 heteroatoms. The first-order chi connectivity index (χ1) is 17.9. The molecular formula is C30H31N5O2. The molecule has 3 aliphatic rings. The van der Waals surface area contributed by atoms with Gasteiger partial charge in [0.15, 0.2) is 5.82 Å². The van der Waals surface area contributed by atoms with Crippen LogP contribution in [0.25, 0.3) is 16.7 Å². The maximum Gasteiger partial charge on any atom is 0.275 e. The van der Waals surface area contributed by atoms with Crippen molar-refractivity contribution in [3.63, 3.8) is 0 Å². The molecule has 0 bridgehead atoms. The fourth-order valence-electron chi connectivity index (χ4n) is 6.25. The topological polar surface area (TPSA) is 84.1 Å². The SMILES string of the molecule is C=CCn1c(=O)c2ccc(Nc3ccc4c(c3)CNCC43CC3)cc2n1-c1ccc2c(n1)[C@](C)(O)CC2. The Labute approximate surface area is 215 Å². The van der Waals surface area contributed by atoms with E-state index < -0.39 is 5.60 Å². The third-order valence-electron chi connectivity index (χ3n) is 8.40. The zero-order chi connectivity index (χ0) is 25.4. The number of hydrogen-bond donors (Lipinski definition) is 3. The van der Waals surface area contributed by atoms with Gasteiger partial charge in [0.2, 0.25) is 0 Å². The summed E-state index contributed by atoms with van der Waals surface area (Å²) in [6.07, 6.45) is 5.69. The average molecular weight is 494 g/mol. The lowest BCUT2D eigenvalue weighted by Crippen LogP contribution is -2.33. The van der Waals surface area contributed by atoms with Gasteiger partial charge in [-0.2, -0.15) is 0 Å². The Morgan fingerprint density at radius 3 is 2.73 bits per heavy atom. The van der Waals surface area contributed by atoms with Crippen molar-refractivity contribution in [2.24, 2.45) is 0 Å². The maximum absolute atomic E-state index is 13.4. The molecule has 7 nitrogen and oxygen atoms in total. The summed E-state index contributed by atoms with van der Waals surface area (Å²) in [6, 6.07) is 16.5. The highest BCUT2D eigenvalue weighted by Gasteiger charge is 2.46. The van der Waals surface area contributed by atoms with Crippen LogP contribution in [0.4, 0.5) is 11.4 Å². The molecule has 2 aromatic carbocycles. The van der Waals surface area contributed by atoms with Crippen LogP contribution in [-0.2, 0) is 30.5 Å². The van der Waals surface area contributed by atoms with E-state index in [-0.39, 0.29) is 5.56 Å². The largest absolute Gasteiger partial charge is 0.384 e. The van der Waals surface area contributed by atoms with E-state index in [1.54, 1.807) is 17.7 Å². The number of fused-ring (bicyclic) bond motifs is 4. The van der Waals surface area contributed by atoms with Crippen molar-refractivity contribution in [1.82, 2.24) is 19.7 Å². The molecule has 1 saturated carbocycles. The average Bonchev–Trinajstić information content (AvgIpc) is 3.52. The number of nitrogens with zero attached hydrogens (tertiary/aromatic N) is 3. The summed E-state index contributed by atoms with van der Waals surface area (Å²) in [4.78, 5) is 18.2. The zero-order valence-corrected chi connectivity index (χ0v) is 21.1. The maximum atomic E-state index is 13.4. The number of anilines is 2. The second-order valence-electron chi connectivity index (χ2n) is 11.1. The van der Waals surface area contributed by atoms with Crippen molar-refractivity contribution in [3.05, 3.63) is 93.9 Å². The number of hydrogen-bond acceptors (Lipinski definition) is 5. The van der Waals surface area contributed by atoms with Gasteiger partial charge >= 0.3 is 0 Å². The summed E-state index contributed by atoms with van der Waals surface area (Å²) < 4.78 is 3.51. The minimum atomic E-state index is -0.967. The summed E-state index contributed by atoms with van der Waals surface area (Å²) in [5.41, 5.74) is 6.57. The smallest absolute Gasteiger partial charge is 0.275 e. The quantitative estimate of drug-likeness (QED) is 0.359. The van der Waals surface area contributed by atoms with Gasteiger partial charge in [0.05, 0.1) is 23.1 Å². The van der Waals surface area contributed by atoms with Crippen molar-refractivity contribution in [2.75, 3.05) is 11.9 Å². The molecule has 3 N–H and O–H groups in total. The Morgan fingerprint density at radius 1 is 1.11 bits per heavy atom. The van der Waals surface area contributed by atoms with Crippen molar-refractivity contribution in [2.45, 2.75) is 56.7 Å². The summed E-state index contributed by atoms with van der Waals surface area (Å²) in [5.74, 6) is 0.613. The molecule has 188 valence electrons. The van der Waals surface area contributed by atoms with Crippen LogP contribution in [-0.4, -0.2) is 26.0 Å². The second-order valence-corrected chi connectivity index (χ2v) is 11.1. The first kappa shape index (κ1) is 22.5. The molecule has 0 saturated heterocycles. The molecule has 1 atom stereocenters. The molecule has 3 heterocycles. The van der Waals surface area contributed by atoms with Gasteiger partial charge in [-0.15, -0.1) is 6.58 Å². The predicted molar refractivity (Wildman–Crippen MR) is 146 cm³/mol. The normalized spacial score (nSPS) is 21.1. The van der Waals surface area contributed by atoms with Gasteiger partial charge in [0.25, 0.3) is 5.56 Å². The number of benzene rings is 2. The molecule has 4 aromatic rings. The van der Waals surface area contributed by atoms with Crippen LogP contribution < -0.4 is 16.2 Å². The second kappa shape index (κ2) is 7.91. The van der Waals surface area contributed by atoms with E-state index in [9.17, 15) is 9.90 Å². The van der Waals surface area contributed by atoms with Crippen molar-refractivity contribution < 1.29 is 5.11 Å². The van der Waals surface area contributed by atoms with Crippen molar-refractivity contribution in [1.29, 1.82) is 0 Å². The third-order valence-corrected chi connectivity index (χ3v) is 8.40. The van der Waals surface area contributed by atoms with Gasteiger partial charge in [-0.1, -0.05) is 18.2 Å². The van der Waals surface area contributed by atoms with Gasteiger partial charge < -0.3 is 15.7 Å². The number of rotatable bonds is 5. The van der Waals surface area contributed by atoms with Gasteiger partial charge in [-0.3, -0.25) is 4.79 Å². The van der Waals surface area contributed by atoms with E-state index in [2.05, 4.69) is 35.4 Å². The third kappa shape index (κ3) is 3.49. The van der Waals surface area contributed by atoms with Crippen LogP contribution in [0.2, 0.25) is 0 Å². The first-order valence-electron chi connectivity index (χ1n) is 13.1. The molecular weight excluding hydrogens is 462 g/mol. The molecule has 1 fully saturated rings. The molecule has 0 amide bonds. The molecule has 7 rings (SSSR count). The van der Waals surface area contributed by atoms with E-state index in [0.29, 0.717) is 35.3 Å². The Hall–Kier alpha value is -3.68. The monoisotopic (exact) mass is 493 g/mol. The van der Waals surface area contributed by atoms with E-state index in [1.807, 2.05) is 35.0 Å². The minimum absolute atomic E-state index is 0.0925. The predicted octanol–water partition coefficient (Wildman–Crippen LogP) is 4.41. The van der Waals surface area contributed by atoms with Crippen LogP contribution in [0.1, 0.15) is 48.6 Å². The first-order valence-corrected chi connectivity index (χ1v) is 13.1. The van der Waals surface area contributed by atoms with Crippen molar-refractivity contribution in [3.8, 4) is 5.82 Å². The lowest BCUT2D eigenvalue weighted by molar-refractivity contribution is 0.0553. The minimum Gasteiger partial charge on any atom is -0.384 e. The summed E-state index contributed by atoms with van der Waals surface area (Å²) >= 11 is 0. The Bertz CT molecular complexity index is 1640. The van der Waals surface area contributed by atoms with E-state index in [0.717, 1.165) is 42.0 Å². The van der Waals surface area contributed by atoms with Crippen LogP contribution in [0, 0.1) is 0 Å². The number of aromatic nitrogens is 3. The zero-order valence-electron chi connectivity index (χ0n) is 21.1. The highest BCUT2D eigenvalue weighted by atomic mass is 16.3. The van der Waals surface area contributed by atoms with Gasteiger partial charge in [-0.25, -0.2) is 14.3 Å². The van der Waals surface area contributed by atoms with Gasteiger partial charge in [0, 0.05) is 29.9 Å². The van der Waals surface area contributed by atoms with Crippen LogP contribution in [0.5, 0.6) is 0 Å². The van der Waals surface area contributed by atoms with Gasteiger partial charge in [0.1, 0.15) is 5.60 Å². The molecule has 2 aromatic heterocycles. The van der Waals surface area contributed by atoms with E-state index in [1.165, 1.54) is 24.0 Å². The molecule has 1 spiro atoms. The lowest BCUT2D eigenvalue weighted by Gasteiger charge is -2.27. The fraction of sp³-hybridized carbons (Fsp3) is 0.333. The summed E-state index contributed by atoms with van der Waals surface area (Å²) in [5, 5.41) is 18.6. The highest BCUT2D eigenvalue weighted by Crippen LogP contribution is 2.50. The summed E-state index contributed by atoms with van der Waals surface area (Å²) in [6.45, 7) is 7.98. The number of pyridine rings is 1. The Kier molecular flexibility index (Phi) is 4.81. The van der Waals surface area contributed by atoms with E-state index >= 15 is 0 Å². The lowest BCUT2D eigenvalue weighted by atomic mass is 9.88. The molecule has 37 heavy (non-hydrogen) atoms. The number of aliphatic hydroxyl groups is 1. The Balaban J connectivity index is 1.32. The van der Waals surface area contributed by atoms with Crippen LogP contribution in [0.15, 0.2) is 66.0 Å². The fourth-order valence-corrected chi connectivity index (χ4v) is 6.25. The van der Waals surface area contributed by atoms with E-state index in [4.69, 9.17) is 4.98 Å². The molecule has 0 radical (unpaired) electrons. The Morgan fingerprint density at radius 2 is 1.92 bits per heavy atom. The number of nitrogens with one attached hydrogen (secondary N) is 2. The summed E-state index contributed by atoms with van der Waals surface area (Å²) in [7, 11) is 0. The molecule has 1 aliphatic heterocycles. The standard InChI is InChI=1S/C30H31N5O2/c1-3-14-34-28(36)23-7-5-22(32-21-6-8-24-20(15-21)17-31-18-30(24)12-13-30)16-25(23)35(34)26-9-4-19-10-11-29(2,37)27(19)33-26/h3-9,15-16,31-32,37H,1,10-14,17-18H2,2H3/t29-/m1/s1. The highest BCUT2D eigenvalue weighted by molar-refractivity contribution is 5.85. The van der Waals surface area contributed by atoms with Crippen molar-refractivity contribution >= 4 is 22.3 Å². The van der Waals surface area contributed by atoms with Gasteiger partial charge in [-0.05, 0) is 85.7 Å². The molecule has 2 aliphatic carbocycles. The number of aryl methyl sites for hydroxylation is 1. The van der Waals surface area contributed by atoms with Crippen LogP contribution in [0.3, 0.4) is 0 Å².